The first-order chi connectivity index (χ1) is 6.20. The average molecular weight is 188 g/mol. The Morgan fingerprint density at radius 2 is 2.23 bits per heavy atom. The Bertz CT molecular complexity index is 165. The third kappa shape index (κ3) is 7.49. The van der Waals surface area contributed by atoms with Crippen molar-refractivity contribution in [3.05, 3.63) is 12.2 Å². The number of hydrogen-bond donors (Lipinski definition) is 0. The summed E-state index contributed by atoms with van der Waals surface area (Å²) in [6, 6.07) is 0. The van der Waals surface area contributed by atoms with Gasteiger partial charge in [0.1, 0.15) is 6.79 Å². The minimum Gasteiger partial charge on any atom is -0.463 e. The fraction of sp³-hybridized carbons (Fsp3) is 0.667. The highest BCUT2D eigenvalue weighted by molar-refractivity contribution is 5.81. The summed E-state index contributed by atoms with van der Waals surface area (Å²) in [5.74, 6) is -0.352. The Labute approximate surface area is 78.5 Å². The maximum atomic E-state index is 10.8. The van der Waals surface area contributed by atoms with E-state index < -0.39 is 0 Å². The number of carbonyl (C=O) groups is 1. The lowest BCUT2D eigenvalue weighted by molar-refractivity contribution is -0.137. The molecule has 0 aliphatic carbocycles. The molecular weight excluding hydrogens is 172 g/mol. The van der Waals surface area contributed by atoms with Crippen LogP contribution in [0.1, 0.15) is 13.8 Å². The normalized spacial score (nSPS) is 13.2. The zero-order valence-corrected chi connectivity index (χ0v) is 8.28. The number of hydrogen-bond acceptors (Lipinski definition) is 4. The van der Waals surface area contributed by atoms with Gasteiger partial charge < -0.3 is 14.2 Å². The van der Waals surface area contributed by atoms with Gasteiger partial charge >= 0.3 is 5.97 Å². The van der Waals surface area contributed by atoms with Crippen molar-refractivity contribution in [1.29, 1.82) is 0 Å². The topological polar surface area (TPSA) is 44.8 Å². The molecule has 0 rings (SSSR count). The first-order valence-corrected chi connectivity index (χ1v) is 4.16. The summed E-state index contributed by atoms with van der Waals surface area (Å²) in [5.41, 5.74) is 0. The van der Waals surface area contributed by atoms with E-state index in [0.717, 1.165) is 0 Å². The van der Waals surface area contributed by atoms with E-state index in [0.29, 0.717) is 6.61 Å². The summed E-state index contributed by atoms with van der Waals surface area (Å²) in [4.78, 5) is 10.8. The fourth-order valence-corrected chi connectivity index (χ4v) is 0.635. The summed E-state index contributed by atoms with van der Waals surface area (Å²) in [6.45, 7) is 4.18. The maximum absolute atomic E-state index is 10.8. The van der Waals surface area contributed by atoms with E-state index in [2.05, 4.69) is 4.74 Å². The van der Waals surface area contributed by atoms with Gasteiger partial charge in [0.25, 0.3) is 0 Å². The molecular formula is C9H16O4. The Balaban J connectivity index is 3.62. The molecule has 0 spiro atoms. The fourth-order valence-electron chi connectivity index (χ4n) is 0.635. The molecule has 0 amide bonds. The first kappa shape index (κ1) is 12.1. The average Bonchev–Trinajstić information content (AvgIpc) is 2.12. The van der Waals surface area contributed by atoms with Crippen LogP contribution in [0.5, 0.6) is 0 Å². The highest BCUT2D eigenvalue weighted by Gasteiger charge is 1.98. The maximum Gasteiger partial charge on any atom is 0.330 e. The highest BCUT2D eigenvalue weighted by atomic mass is 16.7. The number of carbonyl (C=O) groups excluding carboxylic acids is 1. The van der Waals surface area contributed by atoms with Crippen molar-refractivity contribution in [3.63, 3.8) is 0 Å². The lowest BCUT2D eigenvalue weighted by atomic mass is 10.3. The third-order valence-corrected chi connectivity index (χ3v) is 1.24. The van der Waals surface area contributed by atoms with E-state index >= 15 is 0 Å². The predicted molar refractivity (Wildman–Crippen MR) is 48.2 cm³/mol. The first-order valence-electron chi connectivity index (χ1n) is 4.16. The molecule has 76 valence electrons. The van der Waals surface area contributed by atoms with Crippen molar-refractivity contribution in [2.75, 3.05) is 20.5 Å². The van der Waals surface area contributed by atoms with Gasteiger partial charge in [0.15, 0.2) is 0 Å². The number of rotatable bonds is 6. The molecule has 1 atom stereocenters. The van der Waals surface area contributed by atoms with Crippen LogP contribution in [0.3, 0.4) is 0 Å². The van der Waals surface area contributed by atoms with E-state index in [1.54, 1.807) is 20.1 Å². The lowest BCUT2D eigenvalue weighted by Crippen LogP contribution is -2.08. The molecule has 0 aliphatic heterocycles. The van der Waals surface area contributed by atoms with Crippen LogP contribution in [0.25, 0.3) is 0 Å². The summed E-state index contributed by atoms with van der Waals surface area (Å²) in [7, 11) is 1.54. The second kappa shape index (κ2) is 7.76. The smallest absolute Gasteiger partial charge is 0.330 e. The molecule has 0 saturated heterocycles. The van der Waals surface area contributed by atoms with Gasteiger partial charge in [-0.15, -0.1) is 0 Å². The highest BCUT2D eigenvalue weighted by Crippen LogP contribution is 1.93. The zero-order valence-electron chi connectivity index (χ0n) is 8.28. The monoisotopic (exact) mass is 188 g/mol. The second-order valence-corrected chi connectivity index (χ2v) is 2.39. The second-order valence-electron chi connectivity index (χ2n) is 2.39. The summed E-state index contributed by atoms with van der Waals surface area (Å²) >= 11 is 0. The predicted octanol–water partition coefficient (Wildman–Crippen LogP) is 1.11. The van der Waals surface area contributed by atoms with Crippen LogP contribution in [0.2, 0.25) is 0 Å². The van der Waals surface area contributed by atoms with Gasteiger partial charge in [-0.05, 0) is 19.9 Å². The number of esters is 1. The quantitative estimate of drug-likeness (QED) is 0.356. The molecule has 0 aromatic carbocycles. The van der Waals surface area contributed by atoms with Crippen molar-refractivity contribution in [3.8, 4) is 0 Å². The minimum absolute atomic E-state index is 0.149. The van der Waals surface area contributed by atoms with E-state index in [-0.39, 0.29) is 18.9 Å². The molecule has 4 heteroatoms. The van der Waals surface area contributed by atoms with E-state index in [1.165, 1.54) is 6.08 Å². The van der Waals surface area contributed by atoms with Gasteiger partial charge in [-0.3, -0.25) is 0 Å². The van der Waals surface area contributed by atoms with Crippen molar-refractivity contribution in [2.45, 2.75) is 20.0 Å². The van der Waals surface area contributed by atoms with Crippen molar-refractivity contribution in [1.82, 2.24) is 0 Å². The SMILES string of the molecule is CCOC(=O)/C=C/[C@H](C)OCOC. The van der Waals surface area contributed by atoms with Crippen LogP contribution in [0, 0.1) is 0 Å². The van der Waals surface area contributed by atoms with E-state index in [9.17, 15) is 4.79 Å². The Hall–Kier alpha value is -0.870. The van der Waals surface area contributed by atoms with E-state index in [4.69, 9.17) is 9.47 Å². The van der Waals surface area contributed by atoms with Crippen LogP contribution in [0.4, 0.5) is 0 Å². The molecule has 0 aromatic heterocycles. The molecule has 0 saturated carbocycles. The number of ether oxygens (including phenoxy) is 3. The Kier molecular flexibility index (Phi) is 7.24. The van der Waals surface area contributed by atoms with Crippen molar-refractivity contribution < 1.29 is 19.0 Å². The molecule has 0 heterocycles. The molecule has 0 N–H and O–H groups in total. The summed E-state index contributed by atoms with van der Waals surface area (Å²) in [5, 5.41) is 0. The largest absolute Gasteiger partial charge is 0.463 e. The van der Waals surface area contributed by atoms with Crippen LogP contribution in [0.15, 0.2) is 12.2 Å². The minimum atomic E-state index is -0.352. The molecule has 0 aliphatic rings. The summed E-state index contributed by atoms with van der Waals surface area (Å²) < 4.78 is 14.5. The van der Waals surface area contributed by atoms with Crippen LogP contribution in [-0.4, -0.2) is 32.6 Å². The molecule has 0 bridgehead atoms. The molecule has 0 radical (unpaired) electrons. The van der Waals surface area contributed by atoms with Gasteiger partial charge in [-0.2, -0.15) is 0 Å². The summed E-state index contributed by atoms with van der Waals surface area (Å²) in [6.07, 6.45) is 2.82. The van der Waals surface area contributed by atoms with Gasteiger partial charge in [0, 0.05) is 13.2 Å². The molecule has 0 aromatic rings. The van der Waals surface area contributed by atoms with Crippen molar-refractivity contribution in [2.24, 2.45) is 0 Å². The van der Waals surface area contributed by atoms with E-state index in [1.807, 2.05) is 6.92 Å². The number of methoxy groups -OCH3 is 1. The third-order valence-electron chi connectivity index (χ3n) is 1.24. The molecule has 4 nitrogen and oxygen atoms in total. The van der Waals surface area contributed by atoms with Gasteiger partial charge in [-0.25, -0.2) is 4.79 Å². The van der Waals surface area contributed by atoms with Crippen LogP contribution in [-0.2, 0) is 19.0 Å². The molecule has 0 unspecified atom stereocenters. The zero-order chi connectivity index (χ0) is 10.1. The van der Waals surface area contributed by atoms with Crippen LogP contribution >= 0.6 is 0 Å². The Morgan fingerprint density at radius 3 is 2.77 bits per heavy atom. The Morgan fingerprint density at radius 1 is 1.54 bits per heavy atom. The molecule has 0 fully saturated rings. The van der Waals surface area contributed by atoms with Crippen LogP contribution < -0.4 is 0 Å². The molecule has 13 heavy (non-hydrogen) atoms. The van der Waals surface area contributed by atoms with Crippen molar-refractivity contribution >= 4 is 5.97 Å². The van der Waals surface area contributed by atoms with Gasteiger partial charge in [0.05, 0.1) is 12.7 Å². The van der Waals surface area contributed by atoms with Gasteiger partial charge in [0.2, 0.25) is 0 Å². The standard InChI is InChI=1S/C9H16O4/c1-4-12-9(10)6-5-8(2)13-7-11-3/h5-6,8H,4,7H2,1-3H3/b6-5+/t8-/m0/s1. The lowest BCUT2D eigenvalue weighted by Gasteiger charge is -2.06. The van der Waals surface area contributed by atoms with Gasteiger partial charge in [-0.1, -0.05) is 0 Å².